The number of fused-ring (bicyclic) bond motifs is 1. The molecule has 0 bridgehead atoms. The molecule has 3 rings (SSSR count). The van der Waals surface area contributed by atoms with Crippen molar-refractivity contribution in [1.29, 1.82) is 0 Å². The van der Waals surface area contributed by atoms with Gasteiger partial charge in [-0.25, -0.2) is 18.0 Å². The van der Waals surface area contributed by atoms with Gasteiger partial charge in [0.15, 0.2) is 11.5 Å². The Kier molecular flexibility index (Phi) is 4.75. The van der Waals surface area contributed by atoms with E-state index in [-0.39, 0.29) is 27.5 Å². The summed E-state index contributed by atoms with van der Waals surface area (Å²) < 4.78 is 36.4. The van der Waals surface area contributed by atoms with E-state index in [0.29, 0.717) is 0 Å². The van der Waals surface area contributed by atoms with E-state index in [2.05, 4.69) is 0 Å². The van der Waals surface area contributed by atoms with E-state index < -0.39 is 22.0 Å². The van der Waals surface area contributed by atoms with E-state index >= 15 is 0 Å². The topological polar surface area (TPSA) is 90.0 Å². The van der Waals surface area contributed by atoms with Gasteiger partial charge >= 0.3 is 11.9 Å². The molecule has 0 saturated carbocycles. The van der Waals surface area contributed by atoms with Gasteiger partial charge in [-0.3, -0.25) is 4.31 Å². The van der Waals surface area contributed by atoms with E-state index in [1.807, 2.05) is 6.92 Å². The molecule has 1 heterocycles. The second-order valence-corrected chi connectivity index (χ2v) is 7.83. The zero-order valence-corrected chi connectivity index (χ0v) is 15.7. The van der Waals surface area contributed by atoms with Crippen molar-refractivity contribution in [2.75, 3.05) is 14.2 Å². The second kappa shape index (κ2) is 6.88. The van der Waals surface area contributed by atoms with Crippen LogP contribution >= 0.6 is 0 Å². The number of esters is 2. The lowest BCUT2D eigenvalue weighted by atomic mass is 10.1. The highest BCUT2D eigenvalue weighted by atomic mass is 32.2. The molecular weight excluding hydrogens is 370 g/mol. The number of carbonyl (C=O) groups is 2. The molecule has 0 saturated heterocycles. The number of likely N-dealkylation sites (N-methyl/N-ethyl adjacent to an activating group) is 1. The van der Waals surface area contributed by atoms with Crippen LogP contribution in [0.1, 0.15) is 21.5 Å². The lowest BCUT2D eigenvalue weighted by Gasteiger charge is -2.29. The number of sulfonamides is 1. The Bertz CT molecular complexity index is 1050. The lowest BCUT2D eigenvalue weighted by molar-refractivity contribution is -0.137. The van der Waals surface area contributed by atoms with E-state index in [1.165, 1.54) is 19.2 Å². The van der Waals surface area contributed by atoms with Gasteiger partial charge in [0, 0.05) is 12.6 Å². The summed E-state index contributed by atoms with van der Waals surface area (Å²) in [6, 6.07) is 12.7. The van der Waals surface area contributed by atoms with Gasteiger partial charge in [0.2, 0.25) is 0 Å². The van der Waals surface area contributed by atoms with Crippen molar-refractivity contribution in [2.45, 2.75) is 11.8 Å². The van der Waals surface area contributed by atoms with Gasteiger partial charge in [-0.15, -0.1) is 0 Å². The molecular formula is C19H17NO6S. The van der Waals surface area contributed by atoms with Crippen molar-refractivity contribution in [3.05, 3.63) is 70.9 Å². The second-order valence-electron chi connectivity index (χ2n) is 5.89. The third-order valence-electron chi connectivity index (χ3n) is 4.16. The quantitative estimate of drug-likeness (QED) is 0.751. The Balaban J connectivity index is 2.17. The molecule has 0 amide bonds. The molecule has 0 spiro atoms. The standard InChI is InChI=1S/C19H17NO6S/c1-12-8-10-13(11-9-12)18(21)26-17-14-6-4-5-7-15(14)27(23,24)20(2)16(17)19(22)25-3/h4-11H,1-3H3. The summed E-state index contributed by atoms with van der Waals surface area (Å²) in [5.41, 5.74) is 0.994. The van der Waals surface area contributed by atoms with Crippen molar-refractivity contribution >= 4 is 27.7 Å². The van der Waals surface area contributed by atoms with Crippen LogP contribution in [0, 0.1) is 6.92 Å². The van der Waals surface area contributed by atoms with Crippen molar-refractivity contribution < 1.29 is 27.5 Å². The number of methoxy groups -OCH3 is 1. The molecule has 7 nitrogen and oxygen atoms in total. The van der Waals surface area contributed by atoms with Crippen LogP contribution in [0.4, 0.5) is 0 Å². The predicted molar refractivity (Wildman–Crippen MR) is 96.9 cm³/mol. The van der Waals surface area contributed by atoms with Gasteiger partial charge in [-0.2, -0.15) is 0 Å². The molecule has 1 aliphatic heterocycles. The number of ether oxygens (including phenoxy) is 2. The maximum absolute atomic E-state index is 12.7. The number of hydrogen-bond acceptors (Lipinski definition) is 6. The minimum Gasteiger partial charge on any atom is -0.464 e. The normalized spacial score (nSPS) is 15.1. The Morgan fingerprint density at radius 2 is 1.59 bits per heavy atom. The smallest absolute Gasteiger partial charge is 0.359 e. The molecule has 0 atom stereocenters. The first kappa shape index (κ1) is 18.7. The zero-order valence-electron chi connectivity index (χ0n) is 14.9. The zero-order chi connectivity index (χ0) is 19.8. The van der Waals surface area contributed by atoms with E-state index in [4.69, 9.17) is 9.47 Å². The fraction of sp³-hybridized carbons (Fsp3) is 0.158. The van der Waals surface area contributed by atoms with Crippen LogP contribution in [0.15, 0.2) is 59.1 Å². The molecule has 0 aromatic heterocycles. The molecule has 27 heavy (non-hydrogen) atoms. The third-order valence-corrected chi connectivity index (χ3v) is 5.98. The van der Waals surface area contributed by atoms with Crippen molar-refractivity contribution in [2.24, 2.45) is 0 Å². The van der Waals surface area contributed by atoms with Gasteiger partial charge < -0.3 is 9.47 Å². The molecule has 0 unspecified atom stereocenters. The molecule has 1 aliphatic rings. The Hall–Kier alpha value is -3.13. The highest BCUT2D eigenvalue weighted by molar-refractivity contribution is 7.89. The highest BCUT2D eigenvalue weighted by Gasteiger charge is 2.40. The number of carbonyl (C=O) groups excluding carboxylic acids is 2. The largest absolute Gasteiger partial charge is 0.464 e. The molecule has 140 valence electrons. The first-order chi connectivity index (χ1) is 12.8. The van der Waals surface area contributed by atoms with Crippen LogP contribution in [-0.4, -0.2) is 38.8 Å². The summed E-state index contributed by atoms with van der Waals surface area (Å²) in [4.78, 5) is 24.8. The summed E-state index contributed by atoms with van der Waals surface area (Å²) in [6.45, 7) is 1.88. The van der Waals surface area contributed by atoms with E-state index in [9.17, 15) is 18.0 Å². The van der Waals surface area contributed by atoms with Crippen molar-refractivity contribution in [1.82, 2.24) is 4.31 Å². The fourth-order valence-corrected chi connectivity index (χ4v) is 4.06. The van der Waals surface area contributed by atoms with Gasteiger partial charge in [0.05, 0.1) is 17.6 Å². The average molecular weight is 387 g/mol. The maximum Gasteiger partial charge on any atom is 0.359 e. The third kappa shape index (κ3) is 3.19. The Labute approximate surface area is 156 Å². The van der Waals surface area contributed by atoms with Gasteiger partial charge in [0.25, 0.3) is 10.0 Å². The maximum atomic E-state index is 12.7. The fourth-order valence-electron chi connectivity index (χ4n) is 2.68. The first-order valence-electron chi connectivity index (χ1n) is 7.97. The molecule has 2 aromatic carbocycles. The lowest BCUT2D eigenvalue weighted by Crippen LogP contribution is -2.36. The molecule has 0 aliphatic carbocycles. The first-order valence-corrected chi connectivity index (χ1v) is 9.41. The average Bonchev–Trinajstić information content (AvgIpc) is 2.66. The monoisotopic (exact) mass is 387 g/mol. The van der Waals surface area contributed by atoms with Crippen LogP contribution in [0.25, 0.3) is 5.76 Å². The summed E-state index contributed by atoms with van der Waals surface area (Å²) in [7, 11) is -1.65. The molecule has 0 fully saturated rings. The number of benzene rings is 2. The predicted octanol–water partition coefficient (Wildman–Crippen LogP) is 2.33. The van der Waals surface area contributed by atoms with Crippen LogP contribution in [0.3, 0.4) is 0 Å². The van der Waals surface area contributed by atoms with E-state index in [1.54, 1.807) is 36.4 Å². The molecule has 2 aromatic rings. The van der Waals surface area contributed by atoms with Crippen LogP contribution in [-0.2, 0) is 24.3 Å². The summed E-state index contributed by atoms with van der Waals surface area (Å²) in [6.07, 6.45) is 0. The van der Waals surface area contributed by atoms with Crippen LogP contribution in [0.2, 0.25) is 0 Å². The van der Waals surface area contributed by atoms with E-state index in [0.717, 1.165) is 17.0 Å². The van der Waals surface area contributed by atoms with Crippen molar-refractivity contribution in [3.63, 3.8) is 0 Å². The SMILES string of the molecule is COC(=O)C1=C(OC(=O)c2ccc(C)cc2)c2ccccc2S(=O)(=O)N1C. The minimum atomic E-state index is -3.98. The van der Waals surface area contributed by atoms with Crippen LogP contribution in [0.5, 0.6) is 0 Å². The van der Waals surface area contributed by atoms with Crippen molar-refractivity contribution in [3.8, 4) is 0 Å². The summed E-state index contributed by atoms with van der Waals surface area (Å²) in [5.74, 6) is -1.81. The van der Waals surface area contributed by atoms with Crippen LogP contribution < -0.4 is 0 Å². The highest BCUT2D eigenvalue weighted by Crippen LogP contribution is 2.37. The van der Waals surface area contributed by atoms with Gasteiger partial charge in [0.1, 0.15) is 0 Å². The number of hydrogen-bond donors (Lipinski definition) is 0. The summed E-state index contributed by atoms with van der Waals surface area (Å²) in [5, 5.41) is 0. The van der Waals surface area contributed by atoms with Gasteiger partial charge in [-0.1, -0.05) is 29.8 Å². The Morgan fingerprint density at radius 3 is 2.22 bits per heavy atom. The molecule has 8 heteroatoms. The van der Waals surface area contributed by atoms with Gasteiger partial charge in [-0.05, 0) is 31.2 Å². The molecule has 0 radical (unpaired) electrons. The number of rotatable bonds is 3. The molecule has 0 N–H and O–H groups in total. The summed E-state index contributed by atoms with van der Waals surface area (Å²) >= 11 is 0. The number of nitrogens with zero attached hydrogens (tertiary/aromatic N) is 1. The Morgan fingerprint density at radius 1 is 0.963 bits per heavy atom. The minimum absolute atomic E-state index is 0.0631. The number of aryl methyl sites for hydroxylation is 1.